The van der Waals surface area contributed by atoms with Crippen molar-refractivity contribution in [2.24, 2.45) is 0 Å². The molecule has 0 unspecified atom stereocenters. The molecule has 1 aromatic heterocycles. The molecule has 6 nitrogen and oxygen atoms in total. The minimum Gasteiger partial charge on any atom is -0.467 e. The van der Waals surface area contributed by atoms with Gasteiger partial charge in [0.1, 0.15) is 0 Å². The van der Waals surface area contributed by atoms with Gasteiger partial charge in [0.15, 0.2) is 5.75 Å². The highest BCUT2D eigenvalue weighted by Gasteiger charge is 2.12. The lowest BCUT2D eigenvalue weighted by molar-refractivity contribution is 0.360. The number of methoxy groups -OCH3 is 1. The monoisotopic (exact) mass is 334 g/mol. The van der Waals surface area contributed by atoms with Gasteiger partial charge in [0.25, 0.3) is 0 Å². The zero-order chi connectivity index (χ0) is 14.7. The van der Waals surface area contributed by atoms with E-state index in [0.717, 1.165) is 0 Å². The Hall–Kier alpha value is -1.50. The Balaban J connectivity index is 2.36. The third-order valence-electron chi connectivity index (χ3n) is 2.18. The molecule has 20 heavy (non-hydrogen) atoms. The zero-order valence-corrected chi connectivity index (χ0v) is 12.7. The summed E-state index contributed by atoms with van der Waals surface area (Å²) in [7, 11) is 3.09. The van der Waals surface area contributed by atoms with Crippen LogP contribution < -0.4 is 14.8 Å². The van der Waals surface area contributed by atoms with Gasteiger partial charge in [-0.3, -0.25) is 0 Å². The van der Waals surface area contributed by atoms with E-state index in [1.165, 1.54) is 19.2 Å². The maximum Gasteiger partial charge on any atom is 0.330 e. The molecule has 1 N–H and O–H groups in total. The van der Waals surface area contributed by atoms with Crippen molar-refractivity contribution in [2.75, 3.05) is 19.5 Å². The molecule has 0 radical (unpaired) electrons. The number of anilines is 1. The van der Waals surface area contributed by atoms with Gasteiger partial charge < -0.3 is 14.8 Å². The predicted molar refractivity (Wildman–Crippen MR) is 77.5 cm³/mol. The number of nitrogens with one attached hydrogen (secondary N) is 1. The Labute approximate surface area is 130 Å². The minimum atomic E-state index is 0.0153. The first kappa shape index (κ1) is 14.9. The number of hydrogen-bond acceptors (Lipinski definition) is 6. The molecular weight excluding hydrogens is 327 g/mol. The van der Waals surface area contributed by atoms with Crippen molar-refractivity contribution >= 4 is 40.8 Å². The van der Waals surface area contributed by atoms with E-state index in [1.54, 1.807) is 7.05 Å². The largest absolute Gasteiger partial charge is 0.467 e. The molecule has 0 spiro atoms. The van der Waals surface area contributed by atoms with Gasteiger partial charge in [0.05, 0.1) is 22.2 Å². The van der Waals surface area contributed by atoms with Gasteiger partial charge >= 0.3 is 12.0 Å². The number of rotatable bonds is 4. The van der Waals surface area contributed by atoms with E-state index >= 15 is 0 Å². The first-order valence-corrected chi connectivity index (χ1v) is 6.47. The normalized spacial score (nSPS) is 10.2. The third kappa shape index (κ3) is 3.33. The van der Waals surface area contributed by atoms with Crippen LogP contribution in [0.15, 0.2) is 12.1 Å². The molecule has 0 bridgehead atoms. The van der Waals surface area contributed by atoms with Crippen molar-refractivity contribution in [1.29, 1.82) is 0 Å². The van der Waals surface area contributed by atoms with Crippen molar-refractivity contribution in [3.63, 3.8) is 0 Å². The summed E-state index contributed by atoms with van der Waals surface area (Å²) in [6, 6.07) is 3.07. The highest BCUT2D eigenvalue weighted by atomic mass is 35.5. The maximum absolute atomic E-state index is 6.01. The molecule has 1 aromatic carbocycles. The number of aromatic nitrogens is 3. The van der Waals surface area contributed by atoms with E-state index in [4.69, 9.17) is 44.3 Å². The van der Waals surface area contributed by atoms with Crippen LogP contribution in [0.3, 0.4) is 0 Å². The lowest BCUT2D eigenvalue weighted by Gasteiger charge is -2.09. The molecule has 0 aliphatic rings. The van der Waals surface area contributed by atoms with Crippen LogP contribution in [0, 0.1) is 0 Å². The number of ether oxygens (including phenoxy) is 2. The average Bonchev–Trinajstić information content (AvgIpc) is 2.44. The van der Waals surface area contributed by atoms with Gasteiger partial charge in [-0.05, 0) is 6.07 Å². The molecule has 0 atom stereocenters. The van der Waals surface area contributed by atoms with Crippen LogP contribution in [0.25, 0.3) is 0 Å². The Morgan fingerprint density at radius 1 is 0.950 bits per heavy atom. The molecule has 2 rings (SSSR count). The molecule has 0 amide bonds. The molecule has 106 valence electrons. The first-order chi connectivity index (χ1) is 9.53. The van der Waals surface area contributed by atoms with E-state index < -0.39 is 0 Å². The van der Waals surface area contributed by atoms with Crippen molar-refractivity contribution in [1.82, 2.24) is 15.0 Å². The van der Waals surface area contributed by atoms with Gasteiger partial charge in [-0.25, -0.2) is 0 Å². The number of nitrogens with zero attached hydrogens (tertiary/aromatic N) is 3. The molecular formula is C11H9Cl3N4O2. The van der Waals surface area contributed by atoms with Crippen LogP contribution in [0.5, 0.6) is 17.8 Å². The van der Waals surface area contributed by atoms with Gasteiger partial charge in [-0.15, -0.1) is 4.98 Å². The standard InChI is InChI=1S/C11H9Cl3N4O2/c1-15-9-16-10(19-2)18-11(17-9)20-8-4-6(13)5(12)3-7(8)14/h3-4H,1-2H3,(H,15,16,17,18). The summed E-state index contributed by atoms with van der Waals surface area (Å²) < 4.78 is 10.4. The minimum absolute atomic E-state index is 0.0153. The molecule has 1 heterocycles. The summed E-state index contributed by atoms with van der Waals surface area (Å²) >= 11 is 17.8. The van der Waals surface area contributed by atoms with E-state index in [9.17, 15) is 0 Å². The second-order valence-corrected chi connectivity index (χ2v) is 4.70. The van der Waals surface area contributed by atoms with E-state index in [-0.39, 0.29) is 22.8 Å². The second-order valence-electron chi connectivity index (χ2n) is 3.48. The zero-order valence-electron chi connectivity index (χ0n) is 10.4. The lowest BCUT2D eigenvalue weighted by atomic mass is 10.3. The molecule has 9 heteroatoms. The van der Waals surface area contributed by atoms with Crippen LogP contribution in [-0.2, 0) is 0 Å². The summed E-state index contributed by atoms with van der Waals surface area (Å²) in [4.78, 5) is 11.9. The topological polar surface area (TPSA) is 69.2 Å². The van der Waals surface area contributed by atoms with E-state index in [0.29, 0.717) is 16.0 Å². The maximum atomic E-state index is 6.01. The van der Waals surface area contributed by atoms with Crippen LogP contribution >= 0.6 is 34.8 Å². The highest BCUT2D eigenvalue weighted by Crippen LogP contribution is 2.35. The summed E-state index contributed by atoms with van der Waals surface area (Å²) in [5.41, 5.74) is 0. The fraction of sp³-hybridized carbons (Fsp3) is 0.182. The lowest BCUT2D eigenvalue weighted by Crippen LogP contribution is -2.03. The van der Waals surface area contributed by atoms with Gasteiger partial charge in [-0.2, -0.15) is 9.97 Å². The Kier molecular flexibility index (Phi) is 4.69. The summed E-state index contributed by atoms with van der Waals surface area (Å²) in [5.74, 6) is 0.569. The average molecular weight is 336 g/mol. The SMILES string of the molecule is CNc1nc(OC)nc(Oc2cc(Cl)c(Cl)cc2Cl)n1. The van der Waals surface area contributed by atoms with Crippen LogP contribution in [0.1, 0.15) is 0 Å². The van der Waals surface area contributed by atoms with Gasteiger partial charge in [-0.1, -0.05) is 34.8 Å². The number of benzene rings is 1. The second kappa shape index (κ2) is 6.30. The van der Waals surface area contributed by atoms with E-state index in [2.05, 4.69) is 20.3 Å². The molecule has 0 fully saturated rings. The van der Waals surface area contributed by atoms with E-state index in [1.807, 2.05) is 0 Å². The fourth-order valence-electron chi connectivity index (χ4n) is 1.27. The molecule has 0 saturated heterocycles. The van der Waals surface area contributed by atoms with Crippen molar-refractivity contribution < 1.29 is 9.47 Å². The van der Waals surface area contributed by atoms with Gasteiger partial charge in [0, 0.05) is 13.1 Å². The summed E-state index contributed by atoms with van der Waals surface area (Å²) in [5, 5.41) is 3.68. The molecule has 0 aliphatic heterocycles. The quantitative estimate of drug-likeness (QED) is 0.860. The first-order valence-electron chi connectivity index (χ1n) is 5.33. The predicted octanol–water partition coefficient (Wildman–Crippen LogP) is 3.67. The number of halogens is 3. The fourth-order valence-corrected chi connectivity index (χ4v) is 1.84. The molecule has 2 aromatic rings. The molecule has 0 saturated carbocycles. The van der Waals surface area contributed by atoms with Gasteiger partial charge in [0.2, 0.25) is 5.95 Å². The van der Waals surface area contributed by atoms with Crippen LogP contribution in [0.2, 0.25) is 15.1 Å². The Morgan fingerprint density at radius 3 is 2.25 bits per heavy atom. The molecule has 0 aliphatic carbocycles. The highest BCUT2D eigenvalue weighted by molar-refractivity contribution is 6.43. The number of hydrogen-bond donors (Lipinski definition) is 1. The smallest absolute Gasteiger partial charge is 0.330 e. The van der Waals surface area contributed by atoms with Crippen LogP contribution in [-0.4, -0.2) is 29.1 Å². The van der Waals surface area contributed by atoms with Crippen molar-refractivity contribution in [3.8, 4) is 17.8 Å². The summed E-state index contributed by atoms with van der Waals surface area (Å²) in [6.45, 7) is 0. The Morgan fingerprint density at radius 2 is 1.60 bits per heavy atom. The Bertz CT molecular complexity index is 617. The third-order valence-corrected chi connectivity index (χ3v) is 3.19. The van der Waals surface area contributed by atoms with Crippen molar-refractivity contribution in [3.05, 3.63) is 27.2 Å². The van der Waals surface area contributed by atoms with Crippen LogP contribution in [0.4, 0.5) is 5.95 Å². The summed E-state index contributed by atoms with van der Waals surface area (Å²) in [6.07, 6.45) is 0. The van der Waals surface area contributed by atoms with Crippen molar-refractivity contribution in [2.45, 2.75) is 0 Å².